The van der Waals surface area contributed by atoms with Crippen LogP contribution in [-0.2, 0) is 4.74 Å². The van der Waals surface area contributed by atoms with Gasteiger partial charge in [-0.05, 0) is 49.6 Å². The number of nitrogens with two attached hydrogens (primary N) is 1. The Kier molecular flexibility index (Phi) is 4.20. The van der Waals surface area contributed by atoms with Gasteiger partial charge in [-0.2, -0.15) is 0 Å². The zero-order valence-corrected chi connectivity index (χ0v) is 10.8. The number of esters is 1. The molecule has 1 aliphatic heterocycles. The first-order chi connectivity index (χ1) is 8.74. The highest BCUT2D eigenvalue weighted by Gasteiger charge is 2.18. The van der Waals surface area contributed by atoms with E-state index in [9.17, 15) is 4.79 Å². The van der Waals surface area contributed by atoms with Crippen LogP contribution in [0.3, 0.4) is 0 Å². The second kappa shape index (κ2) is 5.87. The fourth-order valence-electron chi connectivity index (χ4n) is 2.35. The normalized spacial score (nSPS) is 16.7. The van der Waals surface area contributed by atoms with E-state index < -0.39 is 0 Å². The molecule has 0 unspecified atom stereocenters. The van der Waals surface area contributed by atoms with E-state index in [2.05, 4.69) is 9.64 Å². The van der Waals surface area contributed by atoms with E-state index in [4.69, 9.17) is 5.73 Å². The first-order valence-electron chi connectivity index (χ1n) is 6.38. The van der Waals surface area contributed by atoms with E-state index in [1.807, 2.05) is 24.3 Å². The zero-order valence-electron chi connectivity index (χ0n) is 10.8. The molecule has 1 aromatic rings. The van der Waals surface area contributed by atoms with Crippen molar-refractivity contribution in [3.8, 4) is 0 Å². The molecule has 0 atom stereocenters. The number of piperidine rings is 1. The number of methoxy groups -OCH3 is 1. The van der Waals surface area contributed by atoms with Crippen molar-refractivity contribution < 1.29 is 9.53 Å². The smallest absolute Gasteiger partial charge is 0.337 e. The molecule has 1 aromatic carbocycles. The minimum atomic E-state index is -0.289. The molecular formula is C14H20N2O2. The van der Waals surface area contributed by atoms with E-state index in [-0.39, 0.29) is 5.97 Å². The summed E-state index contributed by atoms with van der Waals surface area (Å²) >= 11 is 0. The quantitative estimate of drug-likeness (QED) is 0.826. The van der Waals surface area contributed by atoms with E-state index in [1.165, 1.54) is 7.11 Å². The summed E-state index contributed by atoms with van der Waals surface area (Å²) in [6.45, 7) is 2.87. The molecular weight excluding hydrogens is 228 g/mol. The Labute approximate surface area is 108 Å². The highest BCUT2D eigenvalue weighted by atomic mass is 16.5. The Morgan fingerprint density at radius 3 is 2.44 bits per heavy atom. The van der Waals surface area contributed by atoms with E-state index in [1.54, 1.807) is 0 Å². The summed E-state index contributed by atoms with van der Waals surface area (Å²) in [5, 5.41) is 0. The molecule has 0 aliphatic carbocycles. The van der Waals surface area contributed by atoms with Gasteiger partial charge in [0.15, 0.2) is 0 Å². The van der Waals surface area contributed by atoms with Gasteiger partial charge in [-0.25, -0.2) is 4.79 Å². The topological polar surface area (TPSA) is 55.6 Å². The van der Waals surface area contributed by atoms with Gasteiger partial charge in [0.2, 0.25) is 0 Å². The third-order valence-electron chi connectivity index (χ3n) is 3.60. The zero-order chi connectivity index (χ0) is 13.0. The van der Waals surface area contributed by atoms with E-state index >= 15 is 0 Å². The maximum atomic E-state index is 11.3. The average Bonchev–Trinajstić information content (AvgIpc) is 2.47. The number of hydrogen-bond donors (Lipinski definition) is 1. The summed E-state index contributed by atoms with van der Waals surface area (Å²) in [7, 11) is 1.40. The van der Waals surface area contributed by atoms with Crippen molar-refractivity contribution in [2.24, 2.45) is 11.7 Å². The van der Waals surface area contributed by atoms with Crippen molar-refractivity contribution in [2.45, 2.75) is 12.8 Å². The fraction of sp³-hybridized carbons (Fsp3) is 0.500. The van der Waals surface area contributed by atoms with E-state index in [0.717, 1.165) is 38.2 Å². The molecule has 4 heteroatoms. The second-order valence-electron chi connectivity index (χ2n) is 4.70. The predicted octanol–water partition coefficient (Wildman–Crippen LogP) is 1.65. The number of rotatable bonds is 3. The van der Waals surface area contributed by atoms with Gasteiger partial charge in [-0.3, -0.25) is 0 Å². The lowest BCUT2D eigenvalue weighted by Gasteiger charge is -2.33. The standard InChI is InChI=1S/C14H20N2O2/c1-18-14(17)12-2-4-13(5-3-12)16-8-6-11(10-15)7-9-16/h2-5,11H,6-10,15H2,1H3. The lowest BCUT2D eigenvalue weighted by atomic mass is 9.96. The van der Waals surface area contributed by atoms with Gasteiger partial charge in [0.25, 0.3) is 0 Å². The minimum absolute atomic E-state index is 0.289. The lowest BCUT2D eigenvalue weighted by molar-refractivity contribution is 0.0601. The van der Waals surface area contributed by atoms with Crippen molar-refractivity contribution in [1.82, 2.24) is 0 Å². The van der Waals surface area contributed by atoms with Gasteiger partial charge < -0.3 is 15.4 Å². The van der Waals surface area contributed by atoms with Gasteiger partial charge in [0.1, 0.15) is 0 Å². The predicted molar refractivity (Wildman–Crippen MR) is 71.8 cm³/mol. The first kappa shape index (κ1) is 12.9. The van der Waals surface area contributed by atoms with Crippen molar-refractivity contribution in [3.05, 3.63) is 29.8 Å². The van der Waals surface area contributed by atoms with Crippen LogP contribution in [0, 0.1) is 5.92 Å². The molecule has 0 bridgehead atoms. The van der Waals surface area contributed by atoms with Crippen LogP contribution in [0.2, 0.25) is 0 Å². The SMILES string of the molecule is COC(=O)c1ccc(N2CCC(CN)CC2)cc1. The highest BCUT2D eigenvalue weighted by Crippen LogP contribution is 2.23. The van der Waals surface area contributed by atoms with Gasteiger partial charge >= 0.3 is 5.97 Å². The molecule has 1 heterocycles. The summed E-state index contributed by atoms with van der Waals surface area (Å²) in [4.78, 5) is 13.7. The van der Waals surface area contributed by atoms with Crippen LogP contribution in [0.25, 0.3) is 0 Å². The molecule has 2 rings (SSSR count). The maximum absolute atomic E-state index is 11.3. The molecule has 1 aliphatic rings. The lowest BCUT2D eigenvalue weighted by Crippen LogP contribution is -2.36. The molecule has 0 aromatic heterocycles. The molecule has 0 spiro atoms. The number of nitrogens with zero attached hydrogens (tertiary/aromatic N) is 1. The first-order valence-corrected chi connectivity index (χ1v) is 6.38. The Balaban J connectivity index is 2.00. The number of carbonyl (C=O) groups is 1. The summed E-state index contributed by atoms with van der Waals surface area (Å²) in [5.74, 6) is 0.374. The molecule has 98 valence electrons. The third kappa shape index (κ3) is 2.82. The Morgan fingerprint density at radius 2 is 1.94 bits per heavy atom. The van der Waals surface area contributed by atoms with Gasteiger partial charge in [-0.15, -0.1) is 0 Å². The maximum Gasteiger partial charge on any atom is 0.337 e. The van der Waals surface area contributed by atoms with Crippen LogP contribution in [0.15, 0.2) is 24.3 Å². The number of hydrogen-bond acceptors (Lipinski definition) is 4. The fourth-order valence-corrected chi connectivity index (χ4v) is 2.35. The Morgan fingerprint density at radius 1 is 1.33 bits per heavy atom. The number of anilines is 1. The number of carbonyl (C=O) groups excluding carboxylic acids is 1. The van der Waals surface area contributed by atoms with Crippen LogP contribution in [-0.4, -0.2) is 32.7 Å². The largest absolute Gasteiger partial charge is 0.465 e. The summed E-state index contributed by atoms with van der Waals surface area (Å²) in [6.07, 6.45) is 2.30. The number of ether oxygens (including phenoxy) is 1. The Bertz CT molecular complexity index is 395. The van der Waals surface area contributed by atoms with Crippen LogP contribution in [0.5, 0.6) is 0 Å². The van der Waals surface area contributed by atoms with Crippen LogP contribution in [0.4, 0.5) is 5.69 Å². The van der Waals surface area contributed by atoms with Crippen molar-refractivity contribution in [3.63, 3.8) is 0 Å². The number of benzene rings is 1. The molecule has 1 saturated heterocycles. The van der Waals surface area contributed by atoms with Gasteiger partial charge in [-0.1, -0.05) is 0 Å². The van der Waals surface area contributed by atoms with Crippen LogP contribution >= 0.6 is 0 Å². The van der Waals surface area contributed by atoms with Crippen LogP contribution in [0.1, 0.15) is 23.2 Å². The molecule has 0 saturated carbocycles. The molecule has 0 radical (unpaired) electrons. The second-order valence-corrected chi connectivity index (χ2v) is 4.70. The molecule has 1 fully saturated rings. The molecule has 4 nitrogen and oxygen atoms in total. The molecule has 18 heavy (non-hydrogen) atoms. The highest BCUT2D eigenvalue weighted by molar-refractivity contribution is 5.89. The van der Waals surface area contributed by atoms with Crippen molar-refractivity contribution in [2.75, 3.05) is 31.6 Å². The average molecular weight is 248 g/mol. The molecule has 2 N–H and O–H groups in total. The summed E-state index contributed by atoms with van der Waals surface area (Å²) < 4.78 is 4.68. The van der Waals surface area contributed by atoms with Crippen LogP contribution < -0.4 is 10.6 Å². The summed E-state index contributed by atoms with van der Waals surface area (Å²) in [5.41, 5.74) is 7.45. The third-order valence-corrected chi connectivity index (χ3v) is 3.60. The van der Waals surface area contributed by atoms with Crippen molar-refractivity contribution in [1.29, 1.82) is 0 Å². The summed E-state index contributed by atoms with van der Waals surface area (Å²) in [6, 6.07) is 7.59. The monoisotopic (exact) mass is 248 g/mol. The van der Waals surface area contributed by atoms with Gasteiger partial charge in [0, 0.05) is 18.8 Å². The van der Waals surface area contributed by atoms with Crippen molar-refractivity contribution >= 4 is 11.7 Å². The van der Waals surface area contributed by atoms with Gasteiger partial charge in [0.05, 0.1) is 12.7 Å². The van der Waals surface area contributed by atoms with E-state index in [0.29, 0.717) is 11.5 Å². The molecule has 0 amide bonds. The minimum Gasteiger partial charge on any atom is -0.465 e. The Hall–Kier alpha value is -1.55.